The van der Waals surface area contributed by atoms with Crippen LogP contribution in [-0.4, -0.2) is 193 Å². The Morgan fingerprint density at radius 3 is 1.12 bits per heavy atom. The van der Waals surface area contributed by atoms with Crippen molar-refractivity contribution >= 4 is 5.91 Å². The molecule has 3 aliphatic rings. The zero-order valence-electron chi connectivity index (χ0n) is 61.9. The van der Waals surface area contributed by atoms with E-state index in [2.05, 4.69) is 92.1 Å². The zero-order valence-corrected chi connectivity index (χ0v) is 61.9. The number of aliphatic hydroxyl groups excluding tert-OH is 11. The van der Waals surface area contributed by atoms with E-state index in [1.165, 1.54) is 186 Å². The van der Waals surface area contributed by atoms with E-state index in [1.54, 1.807) is 6.08 Å². The Morgan fingerprint density at radius 2 is 0.700 bits per heavy atom. The second kappa shape index (κ2) is 61.2. The number of hydrogen-bond donors (Lipinski definition) is 12. The lowest BCUT2D eigenvalue weighted by molar-refractivity contribution is -0.379. The van der Waals surface area contributed by atoms with Crippen LogP contribution in [-0.2, 0) is 33.2 Å². The minimum Gasteiger partial charge on any atom is -0.394 e. The fourth-order valence-electron chi connectivity index (χ4n) is 13.1. The number of ether oxygens (including phenoxy) is 6. The Kier molecular flexibility index (Phi) is 55.8. The fourth-order valence-corrected chi connectivity index (χ4v) is 13.1. The zero-order chi connectivity index (χ0) is 72.5. The molecule has 0 radical (unpaired) electrons. The number of amides is 1. The molecule has 17 unspecified atom stereocenters. The number of allylic oxidation sites excluding steroid dienone is 13. The van der Waals surface area contributed by atoms with Gasteiger partial charge in [0.1, 0.15) is 73.2 Å². The van der Waals surface area contributed by atoms with Gasteiger partial charge in [-0.05, 0) is 77.0 Å². The number of unbranched alkanes of at least 4 members (excludes halogenated alkanes) is 34. The van der Waals surface area contributed by atoms with Crippen LogP contribution < -0.4 is 5.32 Å². The van der Waals surface area contributed by atoms with Gasteiger partial charge in [-0.15, -0.1) is 0 Å². The molecule has 0 aliphatic carbocycles. The summed E-state index contributed by atoms with van der Waals surface area (Å²) in [4.78, 5) is 13.5. The van der Waals surface area contributed by atoms with Crippen molar-refractivity contribution in [2.45, 2.75) is 394 Å². The first-order chi connectivity index (χ1) is 48.8. The van der Waals surface area contributed by atoms with Crippen LogP contribution in [0.25, 0.3) is 0 Å². The molecule has 0 aromatic rings. The number of rotatable bonds is 62. The van der Waals surface area contributed by atoms with Gasteiger partial charge in [0.15, 0.2) is 18.9 Å². The number of hydrogen-bond acceptors (Lipinski definition) is 18. The van der Waals surface area contributed by atoms with Crippen molar-refractivity contribution in [2.75, 3.05) is 26.4 Å². The summed E-state index contributed by atoms with van der Waals surface area (Å²) in [7, 11) is 0. The second-order valence-electron chi connectivity index (χ2n) is 28.1. The van der Waals surface area contributed by atoms with Crippen molar-refractivity contribution in [3.63, 3.8) is 0 Å². The summed E-state index contributed by atoms with van der Waals surface area (Å²) in [5, 5.41) is 121. The van der Waals surface area contributed by atoms with Crippen molar-refractivity contribution in [3.05, 3.63) is 85.1 Å². The van der Waals surface area contributed by atoms with Crippen LogP contribution in [0.4, 0.5) is 0 Å². The van der Waals surface area contributed by atoms with Gasteiger partial charge >= 0.3 is 0 Å². The molecule has 0 spiro atoms. The minimum absolute atomic E-state index is 0.235. The van der Waals surface area contributed by atoms with Gasteiger partial charge in [0, 0.05) is 6.42 Å². The van der Waals surface area contributed by atoms with E-state index in [-0.39, 0.29) is 18.9 Å². The number of carbonyl (C=O) groups excluding carboxylic acids is 1. The Balaban J connectivity index is 1.33. The van der Waals surface area contributed by atoms with E-state index in [1.807, 2.05) is 6.08 Å². The van der Waals surface area contributed by atoms with Gasteiger partial charge < -0.3 is 89.9 Å². The lowest BCUT2D eigenvalue weighted by atomic mass is 9.96. The van der Waals surface area contributed by atoms with Crippen LogP contribution in [0, 0.1) is 0 Å². The third-order valence-electron chi connectivity index (χ3n) is 19.4. The molecule has 100 heavy (non-hydrogen) atoms. The number of nitrogens with one attached hydrogen (secondary N) is 1. The van der Waals surface area contributed by atoms with E-state index in [9.17, 15) is 61.0 Å². The lowest BCUT2D eigenvalue weighted by Gasteiger charge is -2.48. The molecule has 3 aliphatic heterocycles. The van der Waals surface area contributed by atoms with Crippen LogP contribution >= 0.6 is 0 Å². The largest absolute Gasteiger partial charge is 0.394 e. The molecule has 3 heterocycles. The molecule has 3 rings (SSSR count). The van der Waals surface area contributed by atoms with Crippen LogP contribution in [0.3, 0.4) is 0 Å². The van der Waals surface area contributed by atoms with Gasteiger partial charge in [-0.25, -0.2) is 0 Å². The molecular formula is C81H143NO18. The van der Waals surface area contributed by atoms with E-state index < -0.39 is 124 Å². The van der Waals surface area contributed by atoms with Crippen molar-refractivity contribution in [1.82, 2.24) is 5.32 Å². The maximum absolute atomic E-state index is 13.5. The molecule has 19 nitrogen and oxygen atoms in total. The van der Waals surface area contributed by atoms with Crippen molar-refractivity contribution in [3.8, 4) is 0 Å². The van der Waals surface area contributed by atoms with Gasteiger partial charge in [0.2, 0.25) is 5.91 Å². The minimum atomic E-state index is -1.98. The third-order valence-corrected chi connectivity index (χ3v) is 19.4. The molecular weight excluding hydrogens is 1270 g/mol. The highest BCUT2D eigenvalue weighted by atomic mass is 16.8. The topological polar surface area (TPSA) is 307 Å². The molecule has 0 saturated carbocycles. The Labute approximate surface area is 603 Å². The second-order valence-corrected chi connectivity index (χ2v) is 28.1. The molecule has 17 atom stereocenters. The lowest BCUT2D eigenvalue weighted by Crippen LogP contribution is -2.66. The average Bonchev–Trinajstić information content (AvgIpc) is 0.783. The summed E-state index contributed by atoms with van der Waals surface area (Å²) in [6.45, 7) is 1.62. The number of carbonyl (C=O) groups is 1. The maximum Gasteiger partial charge on any atom is 0.220 e. The SMILES string of the molecule is CC/C=C\C/C=C\C/C=C\C/C=C\C/C=C\CCCCCCCCCCCCCCCCCCCCCCCC(=O)NC(COC1OC(CO)C(OC2OC(CO)C(OC3OC(CO)C(O)C(O)C3O)C(O)C2O)C(O)C1O)C(O)/C=C/CC/C=C/CCCCCCCCCCCCCC. The Hall–Kier alpha value is -3.03. The summed E-state index contributed by atoms with van der Waals surface area (Å²) < 4.78 is 34.4. The highest BCUT2D eigenvalue weighted by Gasteiger charge is 2.53. The summed E-state index contributed by atoms with van der Waals surface area (Å²) in [6.07, 6.45) is 54.4. The summed E-state index contributed by atoms with van der Waals surface area (Å²) >= 11 is 0. The van der Waals surface area contributed by atoms with Crippen LogP contribution in [0.5, 0.6) is 0 Å². The summed E-state index contributed by atoms with van der Waals surface area (Å²) in [5.41, 5.74) is 0. The van der Waals surface area contributed by atoms with Gasteiger partial charge in [0.25, 0.3) is 0 Å². The molecule has 1 amide bonds. The Morgan fingerprint density at radius 1 is 0.370 bits per heavy atom. The molecule has 19 heteroatoms. The van der Waals surface area contributed by atoms with E-state index in [0.29, 0.717) is 12.8 Å². The standard InChI is InChI=1S/C81H143NO18/c1-3-5-7-9-11-13-15-17-19-21-23-24-25-26-27-28-29-30-31-32-33-34-35-36-37-38-39-40-41-43-45-47-49-51-53-55-57-59-69(87)82-64(65(86)58-56-54-52-50-48-46-44-42-22-20-18-16-14-12-10-8-6-4-2)63-95-79-75(93)72(90)77(67(61-84)97-79)100-81-76(94)73(91)78(68(62-85)98-81)99-80-74(92)71(89)70(88)66(60-83)96-80/h5,7,11,13,17,19,23-24,26-27,48,50,56,58,64-68,70-81,83-86,88-94H,3-4,6,8-10,12,14-16,18,20-22,25,28-47,49,51-55,57,59-63H2,1-2H3,(H,82,87)/b7-5-,13-11-,19-17-,24-23-,27-26-,50-48+,58-56+. The van der Waals surface area contributed by atoms with Gasteiger partial charge in [0.05, 0.1) is 38.6 Å². The van der Waals surface area contributed by atoms with E-state index in [4.69, 9.17) is 28.4 Å². The first kappa shape index (κ1) is 91.2. The highest BCUT2D eigenvalue weighted by molar-refractivity contribution is 5.76. The molecule has 0 aromatic heterocycles. The fraction of sp³-hybridized carbons (Fsp3) is 0.815. The molecule has 0 bridgehead atoms. The van der Waals surface area contributed by atoms with Gasteiger partial charge in [-0.2, -0.15) is 0 Å². The first-order valence-corrected chi connectivity index (χ1v) is 39.8. The maximum atomic E-state index is 13.5. The van der Waals surface area contributed by atoms with Crippen LogP contribution in [0.1, 0.15) is 290 Å². The van der Waals surface area contributed by atoms with Gasteiger partial charge in [-0.3, -0.25) is 4.79 Å². The third kappa shape index (κ3) is 41.0. The van der Waals surface area contributed by atoms with Crippen LogP contribution in [0.15, 0.2) is 85.1 Å². The normalized spacial score (nSPS) is 26.9. The summed E-state index contributed by atoms with van der Waals surface area (Å²) in [6, 6.07) is -0.992. The Bertz CT molecular complexity index is 2140. The smallest absolute Gasteiger partial charge is 0.220 e. The summed E-state index contributed by atoms with van der Waals surface area (Å²) in [5.74, 6) is -0.283. The van der Waals surface area contributed by atoms with Crippen molar-refractivity contribution < 1.29 is 89.4 Å². The number of aliphatic hydroxyl groups is 11. The molecule has 0 aromatic carbocycles. The van der Waals surface area contributed by atoms with Crippen molar-refractivity contribution in [1.29, 1.82) is 0 Å². The molecule has 3 saturated heterocycles. The highest BCUT2D eigenvalue weighted by Crippen LogP contribution is 2.33. The first-order valence-electron chi connectivity index (χ1n) is 39.8. The van der Waals surface area contributed by atoms with Gasteiger partial charge in [-0.1, -0.05) is 292 Å². The van der Waals surface area contributed by atoms with Crippen LogP contribution in [0.2, 0.25) is 0 Å². The van der Waals surface area contributed by atoms with E-state index in [0.717, 1.165) is 70.6 Å². The molecule has 12 N–H and O–H groups in total. The predicted molar refractivity (Wildman–Crippen MR) is 397 cm³/mol. The molecule has 3 fully saturated rings. The predicted octanol–water partition coefficient (Wildman–Crippen LogP) is 13.0. The van der Waals surface area contributed by atoms with Crippen molar-refractivity contribution in [2.24, 2.45) is 0 Å². The molecule has 580 valence electrons. The average molecular weight is 1420 g/mol. The monoisotopic (exact) mass is 1420 g/mol. The van der Waals surface area contributed by atoms with E-state index >= 15 is 0 Å². The quantitative estimate of drug-likeness (QED) is 0.0199.